The van der Waals surface area contributed by atoms with Crippen molar-refractivity contribution in [2.24, 2.45) is 5.92 Å². The summed E-state index contributed by atoms with van der Waals surface area (Å²) in [7, 11) is 3.45. The molecule has 232 valence electrons. The number of ether oxygens (including phenoxy) is 2. The molecule has 0 N–H and O–H groups in total. The zero-order valence-corrected chi connectivity index (χ0v) is 24.1. The lowest BCUT2D eigenvalue weighted by atomic mass is 10.0. The maximum Gasteiger partial charge on any atom is 0.159 e. The van der Waals surface area contributed by atoms with E-state index in [0.717, 1.165) is 30.8 Å². The van der Waals surface area contributed by atoms with Gasteiger partial charge >= 0.3 is 0 Å². The highest BCUT2D eigenvalue weighted by Crippen LogP contribution is 2.20. The quantitative estimate of drug-likeness (QED) is 0.222. The van der Waals surface area contributed by atoms with Gasteiger partial charge in [0, 0.05) is 49.7 Å². The Hall–Kier alpha value is -3.74. The maximum atomic E-state index is 11.2. The van der Waals surface area contributed by atoms with Gasteiger partial charge in [-0.25, -0.2) is 0 Å². The van der Waals surface area contributed by atoms with Crippen LogP contribution in [0.15, 0.2) is 72.8 Å². The molecule has 3 aromatic rings. The van der Waals surface area contributed by atoms with Crippen LogP contribution in [0.3, 0.4) is 0 Å². The average molecular weight is 581 g/mol. The van der Waals surface area contributed by atoms with E-state index in [1.165, 1.54) is 13.8 Å². The molecule has 0 fully saturated rings. The second-order valence-electron chi connectivity index (χ2n) is 9.30. The molecule has 6 heteroatoms. The van der Waals surface area contributed by atoms with Gasteiger partial charge in [0.25, 0.3) is 0 Å². The van der Waals surface area contributed by atoms with Crippen molar-refractivity contribution in [1.82, 2.24) is 0 Å². The molecular formula is C36H52O6. The van der Waals surface area contributed by atoms with Crippen LogP contribution in [0.4, 0.5) is 0 Å². The van der Waals surface area contributed by atoms with Gasteiger partial charge in [0.05, 0.1) is 0 Å². The lowest BCUT2D eigenvalue weighted by Crippen LogP contribution is -2.06. The van der Waals surface area contributed by atoms with Gasteiger partial charge in [-0.1, -0.05) is 102 Å². The molecule has 1 unspecified atom stereocenters. The minimum Gasteiger partial charge on any atom is -0.385 e. The van der Waals surface area contributed by atoms with Gasteiger partial charge in [-0.2, -0.15) is 0 Å². The number of rotatable bonds is 10. The highest BCUT2D eigenvalue weighted by molar-refractivity contribution is 5.97. The van der Waals surface area contributed by atoms with Crippen LogP contribution in [0.1, 0.15) is 105 Å². The number of ketones is 4. The Morgan fingerprint density at radius 1 is 0.524 bits per heavy atom. The molecule has 0 aliphatic carbocycles. The van der Waals surface area contributed by atoms with E-state index < -0.39 is 0 Å². The van der Waals surface area contributed by atoms with E-state index in [1.807, 2.05) is 48.5 Å². The second kappa shape index (κ2) is 22.9. The Kier molecular flexibility index (Phi) is 23.3. The van der Waals surface area contributed by atoms with Crippen molar-refractivity contribution in [1.29, 1.82) is 0 Å². The van der Waals surface area contributed by atoms with E-state index in [4.69, 9.17) is 9.47 Å². The fraction of sp³-hybridized carbons (Fsp3) is 0.389. The molecule has 0 saturated heterocycles. The van der Waals surface area contributed by atoms with Crippen molar-refractivity contribution in [3.8, 4) is 11.1 Å². The fourth-order valence-corrected chi connectivity index (χ4v) is 3.42. The van der Waals surface area contributed by atoms with Gasteiger partial charge < -0.3 is 9.47 Å². The minimum absolute atomic E-state index is 0. The molecule has 0 aliphatic heterocycles. The van der Waals surface area contributed by atoms with Gasteiger partial charge in [0.2, 0.25) is 0 Å². The largest absolute Gasteiger partial charge is 0.385 e. The van der Waals surface area contributed by atoms with Gasteiger partial charge in [0.1, 0.15) is 0 Å². The molecule has 6 nitrogen and oxygen atoms in total. The lowest BCUT2D eigenvalue weighted by Gasteiger charge is -2.07. The van der Waals surface area contributed by atoms with Crippen molar-refractivity contribution in [3.05, 3.63) is 95.1 Å². The highest BCUT2D eigenvalue weighted by Gasteiger charge is 2.03. The first-order valence-corrected chi connectivity index (χ1v) is 12.8. The van der Waals surface area contributed by atoms with Gasteiger partial charge in [0.15, 0.2) is 23.1 Å². The van der Waals surface area contributed by atoms with Crippen molar-refractivity contribution >= 4 is 23.1 Å². The number of Topliss-reactive ketones (excluding diaryl/α,β-unsaturated/α-hetero) is 4. The van der Waals surface area contributed by atoms with Crippen LogP contribution in [0.25, 0.3) is 11.1 Å². The van der Waals surface area contributed by atoms with E-state index in [1.54, 1.807) is 52.3 Å². The number of carbonyl (C=O) groups is 4. The first-order valence-electron chi connectivity index (χ1n) is 12.8. The van der Waals surface area contributed by atoms with Crippen LogP contribution in [0.2, 0.25) is 0 Å². The third kappa shape index (κ3) is 15.9. The van der Waals surface area contributed by atoms with Crippen molar-refractivity contribution in [3.63, 3.8) is 0 Å². The number of carbonyl (C=O) groups excluding carboxylic acids is 4. The number of methoxy groups -OCH3 is 2. The van der Waals surface area contributed by atoms with Crippen molar-refractivity contribution in [2.45, 2.75) is 63.3 Å². The predicted octanol–water partition coefficient (Wildman–Crippen LogP) is 9.06. The Bertz CT molecular complexity index is 1100. The smallest absolute Gasteiger partial charge is 0.159 e. The SMILES string of the molecule is C.C.C.CC(=O)c1ccc(-c2ccc(C(C)=O)cc2)cc1.CC(=O)c1ccc(C(C)=O)cc1.COCCC(C)COC. The highest BCUT2D eigenvalue weighted by atomic mass is 16.5. The summed E-state index contributed by atoms with van der Waals surface area (Å²) in [5.74, 6) is 0.784. The third-order valence-corrected chi connectivity index (χ3v) is 5.88. The topological polar surface area (TPSA) is 86.7 Å². The maximum absolute atomic E-state index is 11.2. The van der Waals surface area contributed by atoms with E-state index in [-0.39, 0.29) is 45.4 Å². The number of hydrogen-bond donors (Lipinski definition) is 0. The third-order valence-electron chi connectivity index (χ3n) is 5.88. The van der Waals surface area contributed by atoms with Crippen molar-refractivity contribution < 1.29 is 28.7 Å². The zero-order chi connectivity index (χ0) is 29.4. The number of hydrogen-bond acceptors (Lipinski definition) is 6. The Morgan fingerprint density at radius 2 is 0.786 bits per heavy atom. The summed E-state index contributed by atoms with van der Waals surface area (Å²) in [5.41, 5.74) is 4.77. The summed E-state index contributed by atoms with van der Waals surface area (Å²) in [4.78, 5) is 44.0. The van der Waals surface area contributed by atoms with Crippen LogP contribution in [-0.4, -0.2) is 50.6 Å². The van der Waals surface area contributed by atoms with Gasteiger partial charge in [-0.15, -0.1) is 0 Å². The summed E-state index contributed by atoms with van der Waals surface area (Å²) >= 11 is 0. The monoisotopic (exact) mass is 580 g/mol. The van der Waals surface area contributed by atoms with Gasteiger partial charge in [-0.05, 0) is 51.2 Å². The summed E-state index contributed by atoms with van der Waals surface area (Å²) in [6.45, 7) is 9.94. The second-order valence-corrected chi connectivity index (χ2v) is 9.30. The Balaban J connectivity index is -0.000000559. The first kappa shape index (κ1) is 42.7. The van der Waals surface area contributed by atoms with Crippen LogP contribution in [0, 0.1) is 5.92 Å². The lowest BCUT2D eigenvalue weighted by molar-refractivity contribution is 0.100. The molecule has 42 heavy (non-hydrogen) atoms. The van der Waals surface area contributed by atoms with Crippen molar-refractivity contribution in [2.75, 3.05) is 27.4 Å². The molecule has 1 atom stereocenters. The molecule has 0 radical (unpaired) electrons. The minimum atomic E-state index is 0. The summed E-state index contributed by atoms with van der Waals surface area (Å²) in [6, 6.07) is 21.6. The Labute approximate surface area is 254 Å². The van der Waals surface area contributed by atoms with Crippen LogP contribution in [-0.2, 0) is 9.47 Å². The molecule has 0 aliphatic rings. The first-order chi connectivity index (χ1) is 18.5. The number of benzene rings is 3. The molecule has 0 bridgehead atoms. The molecule has 0 saturated carbocycles. The van der Waals surface area contributed by atoms with Gasteiger partial charge in [-0.3, -0.25) is 19.2 Å². The predicted molar refractivity (Wildman–Crippen MR) is 176 cm³/mol. The van der Waals surface area contributed by atoms with Crippen LogP contribution in [0.5, 0.6) is 0 Å². The van der Waals surface area contributed by atoms with E-state index in [0.29, 0.717) is 28.2 Å². The average Bonchev–Trinajstić information content (AvgIpc) is 2.93. The molecule has 0 amide bonds. The van der Waals surface area contributed by atoms with E-state index in [9.17, 15) is 19.2 Å². The standard InChI is InChI=1S/C16H14O2.C10H10O2.C7H16O2.3CH4/c1-11(17)13-3-7-15(8-4-13)16-9-5-14(6-10-16)12(2)18;1-7(11)9-3-5-10(6-4-9)8(2)12;1-7(6-9-3)4-5-8-2;;;/h3-10H,1-2H3;3-6H,1-2H3;7H,4-6H2,1-3H3;3*1H4. The molecule has 0 heterocycles. The fourth-order valence-electron chi connectivity index (χ4n) is 3.42. The summed E-state index contributed by atoms with van der Waals surface area (Å²) in [5, 5.41) is 0. The summed E-state index contributed by atoms with van der Waals surface area (Å²) in [6.07, 6.45) is 1.09. The normalized spacial score (nSPS) is 9.98. The van der Waals surface area contributed by atoms with Crippen LogP contribution < -0.4 is 0 Å². The molecule has 0 aromatic heterocycles. The zero-order valence-electron chi connectivity index (χ0n) is 24.1. The van der Waals surface area contributed by atoms with E-state index in [2.05, 4.69) is 6.92 Å². The Morgan fingerprint density at radius 3 is 1.00 bits per heavy atom. The summed E-state index contributed by atoms with van der Waals surface area (Å²) < 4.78 is 9.85. The molecule has 3 rings (SSSR count). The molecule has 3 aromatic carbocycles. The van der Waals surface area contributed by atoms with E-state index >= 15 is 0 Å². The molecular weight excluding hydrogens is 528 g/mol. The molecule has 0 spiro atoms. The van der Waals surface area contributed by atoms with Crippen LogP contribution >= 0.6 is 0 Å².